The molecule has 0 bridgehead atoms. The van der Waals surface area contributed by atoms with Crippen molar-refractivity contribution in [2.45, 2.75) is 6.61 Å². The number of nitrogens with one attached hydrogen (secondary N) is 2. The molecule has 2 heterocycles. The van der Waals surface area contributed by atoms with E-state index in [0.717, 1.165) is 5.56 Å². The molecular weight excluding hydrogens is 454 g/mol. The summed E-state index contributed by atoms with van der Waals surface area (Å²) in [6.45, 7) is 0.326. The van der Waals surface area contributed by atoms with Crippen LogP contribution in [0.5, 0.6) is 5.75 Å². The molecule has 34 heavy (non-hydrogen) atoms. The molecule has 0 aliphatic carbocycles. The molecule has 0 atom stereocenters. The van der Waals surface area contributed by atoms with E-state index in [4.69, 9.17) is 16.3 Å². The number of benzene rings is 3. The van der Waals surface area contributed by atoms with Crippen LogP contribution in [0.4, 0.5) is 5.69 Å². The van der Waals surface area contributed by atoms with E-state index in [-0.39, 0.29) is 11.5 Å². The first kappa shape index (κ1) is 21.4. The van der Waals surface area contributed by atoms with Gasteiger partial charge in [0.2, 0.25) is 0 Å². The van der Waals surface area contributed by atoms with Gasteiger partial charge in [-0.15, -0.1) is 0 Å². The first-order valence-electron chi connectivity index (χ1n) is 10.4. The van der Waals surface area contributed by atoms with Crippen LogP contribution in [0.1, 0.15) is 15.9 Å². The molecule has 5 aromatic rings. The summed E-state index contributed by atoms with van der Waals surface area (Å²) in [4.78, 5) is 31.8. The maximum Gasteiger partial charge on any atom is 0.261 e. The standard InChI is InChI=1S/C25H18ClN5O3/c26-18-7-3-5-16(11-18)14-34-19-8-4-6-17(12-19)24(32)30-21-9-1-2-10-22(21)31-23-20(13-29-31)25(33)28-15-27-23/h1-13,15H,14H2,(H,30,32)(H,27,28,33). The number of fused-ring (bicyclic) bond motifs is 1. The molecule has 0 unspecified atom stereocenters. The predicted molar refractivity (Wildman–Crippen MR) is 130 cm³/mol. The van der Waals surface area contributed by atoms with Crippen molar-refractivity contribution in [3.8, 4) is 11.4 Å². The molecule has 9 heteroatoms. The first-order chi connectivity index (χ1) is 16.6. The largest absolute Gasteiger partial charge is 0.489 e. The zero-order valence-corrected chi connectivity index (χ0v) is 18.5. The van der Waals surface area contributed by atoms with Gasteiger partial charge >= 0.3 is 0 Å². The van der Waals surface area contributed by atoms with Gasteiger partial charge in [0.05, 0.1) is 23.9 Å². The van der Waals surface area contributed by atoms with Crippen molar-refractivity contribution >= 4 is 34.2 Å². The summed E-state index contributed by atoms with van der Waals surface area (Å²) in [7, 11) is 0. The van der Waals surface area contributed by atoms with Crippen LogP contribution in [0.2, 0.25) is 5.02 Å². The molecule has 168 valence electrons. The molecule has 3 aromatic carbocycles. The van der Waals surface area contributed by atoms with Crippen LogP contribution >= 0.6 is 11.6 Å². The second-order valence-corrected chi connectivity index (χ2v) is 7.88. The number of H-pyrrole nitrogens is 1. The second-order valence-electron chi connectivity index (χ2n) is 7.44. The average Bonchev–Trinajstić information content (AvgIpc) is 3.29. The third-order valence-electron chi connectivity index (χ3n) is 5.14. The fourth-order valence-electron chi connectivity index (χ4n) is 3.51. The van der Waals surface area contributed by atoms with Crippen LogP contribution < -0.4 is 15.6 Å². The first-order valence-corrected chi connectivity index (χ1v) is 10.8. The number of halogens is 1. The Hall–Kier alpha value is -4.43. The van der Waals surface area contributed by atoms with Crippen molar-refractivity contribution in [1.82, 2.24) is 19.7 Å². The van der Waals surface area contributed by atoms with Crippen LogP contribution in [0.25, 0.3) is 16.7 Å². The fraction of sp³-hybridized carbons (Fsp3) is 0.0400. The lowest BCUT2D eigenvalue weighted by Gasteiger charge is -2.12. The van der Waals surface area contributed by atoms with Crippen molar-refractivity contribution in [3.05, 3.63) is 112 Å². The number of para-hydroxylation sites is 2. The summed E-state index contributed by atoms with van der Waals surface area (Å²) >= 11 is 6.02. The van der Waals surface area contributed by atoms with Gasteiger partial charge in [0.25, 0.3) is 11.5 Å². The molecule has 8 nitrogen and oxygen atoms in total. The van der Waals surface area contributed by atoms with Crippen molar-refractivity contribution < 1.29 is 9.53 Å². The minimum atomic E-state index is -0.317. The lowest BCUT2D eigenvalue weighted by molar-refractivity contribution is 0.102. The van der Waals surface area contributed by atoms with Crippen molar-refractivity contribution in [1.29, 1.82) is 0 Å². The van der Waals surface area contributed by atoms with Crippen LogP contribution in [0.3, 0.4) is 0 Å². The van der Waals surface area contributed by atoms with Gasteiger partial charge in [-0.2, -0.15) is 5.10 Å². The minimum absolute atomic E-state index is 0.285. The van der Waals surface area contributed by atoms with E-state index < -0.39 is 0 Å². The molecule has 0 spiro atoms. The Balaban J connectivity index is 1.38. The Kier molecular flexibility index (Phi) is 5.80. The van der Waals surface area contributed by atoms with E-state index in [2.05, 4.69) is 20.4 Å². The third-order valence-corrected chi connectivity index (χ3v) is 5.38. The molecule has 0 saturated heterocycles. The Morgan fingerprint density at radius 1 is 1.06 bits per heavy atom. The molecule has 0 aliphatic rings. The number of hydrogen-bond acceptors (Lipinski definition) is 5. The van der Waals surface area contributed by atoms with Crippen molar-refractivity contribution in [2.75, 3.05) is 5.32 Å². The van der Waals surface area contributed by atoms with Gasteiger partial charge in [0.1, 0.15) is 17.7 Å². The van der Waals surface area contributed by atoms with E-state index in [1.807, 2.05) is 24.3 Å². The van der Waals surface area contributed by atoms with Gasteiger partial charge in [0.15, 0.2) is 5.65 Å². The maximum absolute atomic E-state index is 13.0. The molecule has 2 aromatic heterocycles. The fourth-order valence-corrected chi connectivity index (χ4v) is 3.72. The summed E-state index contributed by atoms with van der Waals surface area (Å²) in [5, 5.41) is 8.20. The normalized spacial score (nSPS) is 10.9. The molecule has 1 amide bonds. The lowest BCUT2D eigenvalue weighted by atomic mass is 10.2. The number of aromatic nitrogens is 4. The van der Waals surface area contributed by atoms with E-state index >= 15 is 0 Å². The van der Waals surface area contributed by atoms with Gasteiger partial charge in [-0.05, 0) is 48.0 Å². The number of nitrogens with zero attached hydrogens (tertiary/aromatic N) is 3. The van der Waals surface area contributed by atoms with E-state index in [9.17, 15) is 9.59 Å². The number of rotatable bonds is 6. The summed E-state index contributed by atoms with van der Waals surface area (Å²) < 4.78 is 7.36. The van der Waals surface area contributed by atoms with Crippen molar-refractivity contribution in [3.63, 3.8) is 0 Å². The average molecular weight is 472 g/mol. The lowest BCUT2D eigenvalue weighted by Crippen LogP contribution is -2.14. The van der Waals surface area contributed by atoms with Crippen LogP contribution in [0, 0.1) is 0 Å². The summed E-state index contributed by atoms with van der Waals surface area (Å²) in [5.41, 5.74) is 2.56. The molecule has 0 fully saturated rings. The number of ether oxygens (including phenoxy) is 1. The van der Waals surface area contributed by atoms with E-state index in [1.165, 1.54) is 17.2 Å². The highest BCUT2D eigenvalue weighted by Gasteiger charge is 2.15. The zero-order chi connectivity index (χ0) is 23.5. The number of hydrogen-bond donors (Lipinski definition) is 2. The maximum atomic E-state index is 13.0. The molecule has 2 N–H and O–H groups in total. The Morgan fingerprint density at radius 3 is 2.79 bits per heavy atom. The quantitative estimate of drug-likeness (QED) is 0.377. The highest BCUT2D eigenvalue weighted by Crippen LogP contribution is 2.24. The van der Waals surface area contributed by atoms with Crippen LogP contribution in [-0.4, -0.2) is 25.7 Å². The monoisotopic (exact) mass is 471 g/mol. The summed E-state index contributed by atoms with van der Waals surface area (Å²) in [6, 6.07) is 21.5. The molecule has 0 aliphatic heterocycles. The van der Waals surface area contributed by atoms with E-state index in [0.29, 0.717) is 45.4 Å². The van der Waals surface area contributed by atoms with Crippen LogP contribution in [-0.2, 0) is 6.61 Å². The van der Waals surface area contributed by atoms with Gasteiger partial charge < -0.3 is 15.0 Å². The Morgan fingerprint density at radius 2 is 1.91 bits per heavy atom. The molecule has 0 saturated carbocycles. The molecular formula is C25H18ClN5O3. The van der Waals surface area contributed by atoms with Crippen LogP contribution in [0.15, 0.2) is 90.1 Å². The Bertz CT molecular complexity index is 1560. The SMILES string of the molecule is O=C(Nc1ccccc1-n1ncc2c(=O)[nH]cnc21)c1cccc(OCc2cccc(Cl)c2)c1. The van der Waals surface area contributed by atoms with Crippen molar-refractivity contribution in [2.24, 2.45) is 0 Å². The number of carbonyl (C=O) groups excluding carboxylic acids is 1. The number of amides is 1. The highest BCUT2D eigenvalue weighted by molar-refractivity contribution is 6.30. The zero-order valence-electron chi connectivity index (χ0n) is 17.7. The smallest absolute Gasteiger partial charge is 0.261 e. The Labute approximate surface area is 198 Å². The topological polar surface area (TPSA) is 102 Å². The predicted octanol–water partition coefficient (Wildman–Crippen LogP) is 4.59. The highest BCUT2D eigenvalue weighted by atomic mass is 35.5. The third kappa shape index (κ3) is 4.39. The molecule has 5 rings (SSSR count). The number of anilines is 1. The van der Waals surface area contributed by atoms with E-state index in [1.54, 1.807) is 48.5 Å². The van der Waals surface area contributed by atoms with Gasteiger partial charge in [-0.3, -0.25) is 9.59 Å². The van der Waals surface area contributed by atoms with Gasteiger partial charge in [-0.25, -0.2) is 9.67 Å². The summed E-state index contributed by atoms with van der Waals surface area (Å²) in [5.74, 6) is 0.241. The van der Waals surface area contributed by atoms with Gasteiger partial charge in [-0.1, -0.05) is 41.9 Å². The number of aromatic amines is 1. The second kappa shape index (κ2) is 9.21. The number of carbonyl (C=O) groups is 1. The molecule has 0 radical (unpaired) electrons. The summed E-state index contributed by atoms with van der Waals surface area (Å²) in [6.07, 6.45) is 2.76. The minimum Gasteiger partial charge on any atom is -0.489 e. The van der Waals surface area contributed by atoms with Gasteiger partial charge in [0, 0.05) is 10.6 Å².